The lowest BCUT2D eigenvalue weighted by atomic mass is 9.91. The number of carbonyl (C=O) groups is 1. The van der Waals surface area contributed by atoms with E-state index in [1.807, 2.05) is 25.2 Å². The zero-order valence-electron chi connectivity index (χ0n) is 12.6. The van der Waals surface area contributed by atoms with Gasteiger partial charge < -0.3 is 16.0 Å². The Morgan fingerprint density at radius 3 is 2.90 bits per heavy atom. The van der Waals surface area contributed by atoms with E-state index in [-0.39, 0.29) is 11.8 Å². The summed E-state index contributed by atoms with van der Waals surface area (Å²) in [6.07, 6.45) is 1.74. The molecule has 1 saturated heterocycles. The van der Waals surface area contributed by atoms with Gasteiger partial charge in [-0.1, -0.05) is 6.07 Å². The number of rotatable bonds is 4. The van der Waals surface area contributed by atoms with Crippen LogP contribution in [-0.4, -0.2) is 25.5 Å². The minimum absolute atomic E-state index is 0.135. The summed E-state index contributed by atoms with van der Waals surface area (Å²) < 4.78 is 0. The maximum Gasteiger partial charge on any atom is 0.222 e. The summed E-state index contributed by atoms with van der Waals surface area (Å²) in [7, 11) is 1.88. The lowest BCUT2D eigenvalue weighted by Gasteiger charge is -2.39. The van der Waals surface area contributed by atoms with Crippen molar-refractivity contribution in [2.24, 2.45) is 11.7 Å². The van der Waals surface area contributed by atoms with Crippen molar-refractivity contribution in [3.8, 4) is 6.07 Å². The SMILES string of the molecule is CNCc1ccc(N2CC(C(N)=O)CCC2C)c(C#N)c1. The first-order valence-electron chi connectivity index (χ1n) is 7.30. The molecule has 2 unspecified atom stereocenters. The molecule has 0 aromatic heterocycles. The average molecular weight is 286 g/mol. The number of piperidine rings is 1. The lowest BCUT2D eigenvalue weighted by Crippen LogP contribution is -2.46. The maximum absolute atomic E-state index is 11.5. The largest absolute Gasteiger partial charge is 0.369 e. The van der Waals surface area contributed by atoms with Crippen molar-refractivity contribution in [2.45, 2.75) is 32.4 Å². The Morgan fingerprint density at radius 2 is 2.29 bits per heavy atom. The summed E-state index contributed by atoms with van der Waals surface area (Å²) in [4.78, 5) is 13.6. The molecular weight excluding hydrogens is 264 g/mol. The minimum atomic E-state index is -0.253. The molecule has 1 aliphatic heterocycles. The molecule has 0 bridgehead atoms. The van der Waals surface area contributed by atoms with Gasteiger partial charge in [0.15, 0.2) is 0 Å². The highest BCUT2D eigenvalue weighted by atomic mass is 16.1. The number of hydrogen-bond donors (Lipinski definition) is 2. The number of anilines is 1. The van der Waals surface area contributed by atoms with Crippen molar-refractivity contribution < 1.29 is 4.79 Å². The molecule has 3 N–H and O–H groups in total. The Morgan fingerprint density at radius 1 is 1.52 bits per heavy atom. The van der Waals surface area contributed by atoms with Gasteiger partial charge in [0.05, 0.1) is 17.2 Å². The molecule has 0 aliphatic carbocycles. The topological polar surface area (TPSA) is 82.2 Å². The van der Waals surface area contributed by atoms with Crippen LogP contribution in [0.2, 0.25) is 0 Å². The number of nitriles is 1. The lowest BCUT2D eigenvalue weighted by molar-refractivity contribution is -0.122. The van der Waals surface area contributed by atoms with E-state index in [4.69, 9.17) is 5.73 Å². The zero-order valence-corrected chi connectivity index (χ0v) is 12.6. The van der Waals surface area contributed by atoms with Gasteiger partial charge in [-0.3, -0.25) is 4.79 Å². The Bertz CT molecular complexity index is 564. The Hall–Kier alpha value is -2.06. The van der Waals surface area contributed by atoms with E-state index < -0.39 is 0 Å². The number of amides is 1. The van der Waals surface area contributed by atoms with Gasteiger partial charge in [0.1, 0.15) is 6.07 Å². The number of carbonyl (C=O) groups excluding carboxylic acids is 1. The van der Waals surface area contributed by atoms with Crippen molar-refractivity contribution >= 4 is 11.6 Å². The summed E-state index contributed by atoms with van der Waals surface area (Å²) in [6, 6.07) is 8.49. The van der Waals surface area contributed by atoms with Crippen LogP contribution in [0.3, 0.4) is 0 Å². The van der Waals surface area contributed by atoms with E-state index in [1.165, 1.54) is 0 Å². The molecule has 5 nitrogen and oxygen atoms in total. The van der Waals surface area contributed by atoms with Gasteiger partial charge in [-0.05, 0) is 44.5 Å². The minimum Gasteiger partial charge on any atom is -0.369 e. The quantitative estimate of drug-likeness (QED) is 0.875. The van der Waals surface area contributed by atoms with Gasteiger partial charge in [-0.15, -0.1) is 0 Å². The van der Waals surface area contributed by atoms with E-state index in [1.54, 1.807) is 0 Å². The molecule has 0 saturated carbocycles. The van der Waals surface area contributed by atoms with Crippen LogP contribution in [-0.2, 0) is 11.3 Å². The summed E-state index contributed by atoms with van der Waals surface area (Å²) in [5.74, 6) is -0.387. The number of nitrogens with zero attached hydrogens (tertiary/aromatic N) is 2. The fourth-order valence-electron chi connectivity index (χ4n) is 2.91. The second-order valence-electron chi connectivity index (χ2n) is 5.67. The highest BCUT2D eigenvalue weighted by Gasteiger charge is 2.29. The molecule has 0 radical (unpaired) electrons. The van der Waals surface area contributed by atoms with Crippen molar-refractivity contribution in [1.29, 1.82) is 5.26 Å². The first-order valence-corrected chi connectivity index (χ1v) is 7.30. The molecule has 2 rings (SSSR count). The van der Waals surface area contributed by atoms with Gasteiger partial charge in [0.2, 0.25) is 5.91 Å². The summed E-state index contributed by atoms with van der Waals surface area (Å²) in [5, 5.41) is 12.5. The molecule has 1 aliphatic rings. The maximum atomic E-state index is 11.5. The molecule has 1 amide bonds. The van der Waals surface area contributed by atoms with Crippen LogP contribution in [0.15, 0.2) is 18.2 Å². The molecule has 2 atom stereocenters. The van der Waals surface area contributed by atoms with Crippen LogP contribution in [0, 0.1) is 17.2 Å². The van der Waals surface area contributed by atoms with Gasteiger partial charge in [-0.2, -0.15) is 5.26 Å². The standard InChI is InChI=1S/C16H22N4O/c1-11-3-5-13(16(18)21)10-20(11)15-6-4-12(9-19-2)7-14(15)8-17/h4,6-7,11,13,19H,3,5,9-10H2,1-2H3,(H2,18,21). The van der Waals surface area contributed by atoms with Crippen molar-refractivity contribution in [3.05, 3.63) is 29.3 Å². The third kappa shape index (κ3) is 3.34. The second-order valence-corrected chi connectivity index (χ2v) is 5.67. The highest BCUT2D eigenvalue weighted by Crippen LogP contribution is 2.30. The predicted molar refractivity (Wildman–Crippen MR) is 82.6 cm³/mol. The van der Waals surface area contributed by atoms with E-state index >= 15 is 0 Å². The zero-order chi connectivity index (χ0) is 15.4. The smallest absolute Gasteiger partial charge is 0.222 e. The van der Waals surface area contributed by atoms with Gasteiger partial charge in [-0.25, -0.2) is 0 Å². The molecule has 1 heterocycles. The van der Waals surface area contributed by atoms with Crippen LogP contribution in [0.1, 0.15) is 30.9 Å². The highest BCUT2D eigenvalue weighted by molar-refractivity contribution is 5.78. The third-order valence-electron chi connectivity index (χ3n) is 4.16. The number of nitrogens with one attached hydrogen (secondary N) is 1. The van der Waals surface area contributed by atoms with E-state index in [0.717, 1.165) is 30.6 Å². The predicted octanol–water partition coefficient (Wildman–Crippen LogP) is 1.37. The Labute approximate surface area is 125 Å². The molecular formula is C16H22N4O. The molecule has 1 aromatic rings. The van der Waals surface area contributed by atoms with Crippen LogP contribution in [0.25, 0.3) is 0 Å². The van der Waals surface area contributed by atoms with Gasteiger partial charge in [0, 0.05) is 19.1 Å². The van der Waals surface area contributed by atoms with Gasteiger partial charge in [0.25, 0.3) is 0 Å². The Balaban J connectivity index is 2.31. The number of hydrogen-bond acceptors (Lipinski definition) is 4. The molecule has 5 heteroatoms. The number of nitrogens with two attached hydrogens (primary N) is 1. The first kappa shape index (κ1) is 15.3. The second kappa shape index (κ2) is 6.59. The monoisotopic (exact) mass is 286 g/mol. The van der Waals surface area contributed by atoms with Crippen molar-refractivity contribution in [2.75, 3.05) is 18.5 Å². The van der Waals surface area contributed by atoms with E-state index in [9.17, 15) is 10.1 Å². The average Bonchev–Trinajstić information content (AvgIpc) is 2.48. The first-order chi connectivity index (χ1) is 10.1. The molecule has 21 heavy (non-hydrogen) atoms. The van der Waals surface area contributed by atoms with Crippen LogP contribution >= 0.6 is 0 Å². The number of primary amides is 1. The summed E-state index contributed by atoms with van der Waals surface area (Å²) >= 11 is 0. The third-order valence-corrected chi connectivity index (χ3v) is 4.16. The normalized spacial score (nSPS) is 21.9. The van der Waals surface area contributed by atoms with E-state index in [2.05, 4.69) is 23.2 Å². The van der Waals surface area contributed by atoms with Gasteiger partial charge >= 0.3 is 0 Å². The molecule has 112 valence electrons. The Kier molecular flexibility index (Phi) is 4.81. The molecule has 1 aromatic carbocycles. The van der Waals surface area contributed by atoms with Crippen molar-refractivity contribution in [3.63, 3.8) is 0 Å². The van der Waals surface area contributed by atoms with Crippen LogP contribution in [0.5, 0.6) is 0 Å². The van der Waals surface area contributed by atoms with Crippen LogP contribution < -0.4 is 16.0 Å². The summed E-state index contributed by atoms with van der Waals surface area (Å²) in [6.45, 7) is 3.45. The molecule has 1 fully saturated rings. The molecule has 0 spiro atoms. The fourth-order valence-corrected chi connectivity index (χ4v) is 2.91. The van der Waals surface area contributed by atoms with Crippen molar-refractivity contribution in [1.82, 2.24) is 5.32 Å². The van der Waals surface area contributed by atoms with Crippen LogP contribution in [0.4, 0.5) is 5.69 Å². The fraction of sp³-hybridized carbons (Fsp3) is 0.500. The summed E-state index contributed by atoms with van der Waals surface area (Å²) in [5.41, 5.74) is 8.08. The van der Waals surface area contributed by atoms with E-state index in [0.29, 0.717) is 18.2 Å². The number of benzene rings is 1.